The van der Waals surface area contributed by atoms with E-state index in [2.05, 4.69) is 5.32 Å². The predicted octanol–water partition coefficient (Wildman–Crippen LogP) is 2.59. The molecule has 2 rings (SSSR count). The Bertz CT molecular complexity index is 582. The molecule has 2 aromatic carbocycles. The van der Waals surface area contributed by atoms with Gasteiger partial charge in [-0.15, -0.1) is 0 Å². The number of aryl methyl sites for hydroxylation is 1. The van der Waals surface area contributed by atoms with Crippen LogP contribution in [0.15, 0.2) is 48.5 Å². The number of ether oxygens (including phenoxy) is 1. The number of rotatable bonds is 4. The van der Waals surface area contributed by atoms with Gasteiger partial charge in [-0.3, -0.25) is 4.79 Å². The Morgan fingerprint density at radius 3 is 2.58 bits per heavy atom. The van der Waals surface area contributed by atoms with Crippen LogP contribution in [-0.4, -0.2) is 12.5 Å². The van der Waals surface area contributed by atoms with Crippen LogP contribution in [0, 0.1) is 6.92 Å². The molecule has 1 amide bonds. The summed E-state index contributed by atoms with van der Waals surface area (Å²) >= 11 is 0. The Morgan fingerprint density at radius 2 is 1.84 bits per heavy atom. The van der Waals surface area contributed by atoms with Crippen LogP contribution in [0.3, 0.4) is 0 Å². The molecule has 0 fully saturated rings. The third-order valence-corrected chi connectivity index (χ3v) is 2.69. The number of hydrogen-bond donors (Lipinski definition) is 2. The molecular weight excluding hydrogens is 240 g/mol. The number of carbonyl (C=O) groups excluding carboxylic acids is 1. The van der Waals surface area contributed by atoms with Crippen LogP contribution in [0.25, 0.3) is 0 Å². The van der Waals surface area contributed by atoms with Gasteiger partial charge in [0, 0.05) is 0 Å². The third-order valence-electron chi connectivity index (χ3n) is 2.69. The molecule has 0 aliphatic carbocycles. The van der Waals surface area contributed by atoms with Crippen molar-refractivity contribution >= 4 is 17.3 Å². The number of benzene rings is 2. The van der Waals surface area contributed by atoms with Crippen molar-refractivity contribution in [1.82, 2.24) is 0 Å². The maximum absolute atomic E-state index is 11.8. The van der Waals surface area contributed by atoms with Crippen molar-refractivity contribution in [3.05, 3.63) is 54.1 Å². The number of amides is 1. The highest BCUT2D eigenvalue weighted by Gasteiger charge is 2.06. The van der Waals surface area contributed by atoms with Crippen LogP contribution in [0.2, 0.25) is 0 Å². The Hall–Kier alpha value is -2.49. The minimum Gasteiger partial charge on any atom is -0.483 e. The van der Waals surface area contributed by atoms with Gasteiger partial charge in [0.2, 0.25) is 0 Å². The van der Waals surface area contributed by atoms with Gasteiger partial charge in [0.05, 0.1) is 11.4 Å². The monoisotopic (exact) mass is 256 g/mol. The first-order valence-electron chi connectivity index (χ1n) is 5.99. The Kier molecular flexibility index (Phi) is 4.03. The largest absolute Gasteiger partial charge is 0.483 e. The molecule has 3 N–H and O–H groups in total. The molecule has 4 heteroatoms. The van der Waals surface area contributed by atoms with Crippen LogP contribution in [0.5, 0.6) is 5.75 Å². The highest BCUT2D eigenvalue weighted by Crippen LogP contribution is 2.18. The van der Waals surface area contributed by atoms with Crippen molar-refractivity contribution < 1.29 is 9.53 Å². The number of hydrogen-bond acceptors (Lipinski definition) is 3. The molecule has 4 nitrogen and oxygen atoms in total. The normalized spacial score (nSPS) is 9.95. The van der Waals surface area contributed by atoms with Crippen LogP contribution in [-0.2, 0) is 4.79 Å². The fourth-order valence-corrected chi connectivity index (χ4v) is 1.66. The van der Waals surface area contributed by atoms with Gasteiger partial charge in [0.1, 0.15) is 5.75 Å². The highest BCUT2D eigenvalue weighted by atomic mass is 16.5. The second kappa shape index (κ2) is 5.91. The van der Waals surface area contributed by atoms with Gasteiger partial charge in [-0.05, 0) is 30.7 Å². The Morgan fingerprint density at radius 1 is 1.16 bits per heavy atom. The first kappa shape index (κ1) is 13.0. The lowest BCUT2D eigenvalue weighted by atomic mass is 10.2. The summed E-state index contributed by atoms with van der Waals surface area (Å²) in [4.78, 5) is 11.8. The minimum absolute atomic E-state index is 0.0425. The van der Waals surface area contributed by atoms with Gasteiger partial charge in [0.25, 0.3) is 5.91 Å². The zero-order valence-corrected chi connectivity index (χ0v) is 10.7. The van der Waals surface area contributed by atoms with Gasteiger partial charge < -0.3 is 15.8 Å². The highest BCUT2D eigenvalue weighted by molar-refractivity contribution is 5.94. The van der Waals surface area contributed by atoms with Gasteiger partial charge in [0.15, 0.2) is 6.61 Å². The minimum atomic E-state index is -0.235. The van der Waals surface area contributed by atoms with E-state index in [0.29, 0.717) is 17.1 Å². The molecule has 0 aliphatic heterocycles. The van der Waals surface area contributed by atoms with Crippen molar-refractivity contribution in [1.29, 1.82) is 0 Å². The molecule has 0 aromatic heterocycles. The average molecular weight is 256 g/mol. The molecule has 0 aliphatic rings. The van der Waals surface area contributed by atoms with Crippen LogP contribution < -0.4 is 15.8 Å². The summed E-state index contributed by atoms with van der Waals surface area (Å²) in [7, 11) is 0. The lowest BCUT2D eigenvalue weighted by Crippen LogP contribution is -2.21. The van der Waals surface area contributed by atoms with Gasteiger partial charge in [-0.2, -0.15) is 0 Å². The summed E-state index contributed by atoms with van der Waals surface area (Å²) in [5.74, 6) is 0.472. The molecule has 0 unspecified atom stereocenters. The molecule has 2 aromatic rings. The number of nitrogen functional groups attached to an aromatic ring is 1. The average Bonchev–Trinajstić information content (AvgIpc) is 2.40. The number of nitrogens with two attached hydrogens (primary N) is 1. The quantitative estimate of drug-likeness (QED) is 0.826. The molecule has 0 spiro atoms. The molecule has 19 heavy (non-hydrogen) atoms. The summed E-state index contributed by atoms with van der Waals surface area (Å²) < 4.78 is 5.46. The zero-order chi connectivity index (χ0) is 13.7. The maximum atomic E-state index is 11.8. The van der Waals surface area contributed by atoms with Crippen molar-refractivity contribution in [2.45, 2.75) is 6.92 Å². The molecule has 0 heterocycles. The van der Waals surface area contributed by atoms with Gasteiger partial charge in [-0.25, -0.2) is 0 Å². The summed E-state index contributed by atoms with van der Waals surface area (Å²) in [6.45, 7) is 1.89. The molecular formula is C15H16N2O2. The SMILES string of the molecule is Cc1ccccc1OCC(=O)Nc1ccccc1N. The zero-order valence-electron chi connectivity index (χ0n) is 10.7. The van der Waals surface area contributed by atoms with Crippen LogP contribution in [0.4, 0.5) is 11.4 Å². The topological polar surface area (TPSA) is 64.3 Å². The standard InChI is InChI=1S/C15H16N2O2/c1-11-6-2-5-9-14(11)19-10-15(18)17-13-8-4-3-7-12(13)16/h2-9H,10,16H2,1H3,(H,17,18). The lowest BCUT2D eigenvalue weighted by Gasteiger charge is -2.10. The van der Waals surface area contributed by atoms with Crippen molar-refractivity contribution in [3.8, 4) is 5.75 Å². The number of anilines is 2. The maximum Gasteiger partial charge on any atom is 0.262 e. The summed E-state index contributed by atoms with van der Waals surface area (Å²) in [5.41, 5.74) is 7.87. The van der Waals surface area contributed by atoms with E-state index in [9.17, 15) is 4.79 Å². The fraction of sp³-hybridized carbons (Fsp3) is 0.133. The molecule has 98 valence electrons. The van der Waals surface area contributed by atoms with E-state index in [1.165, 1.54) is 0 Å². The van der Waals surface area contributed by atoms with Gasteiger partial charge in [-0.1, -0.05) is 30.3 Å². The summed E-state index contributed by atoms with van der Waals surface area (Å²) in [6, 6.07) is 14.7. The predicted molar refractivity (Wildman–Crippen MR) is 76.2 cm³/mol. The lowest BCUT2D eigenvalue weighted by molar-refractivity contribution is -0.118. The van der Waals surface area contributed by atoms with Gasteiger partial charge >= 0.3 is 0 Å². The van der Waals surface area contributed by atoms with Crippen molar-refractivity contribution in [3.63, 3.8) is 0 Å². The molecule has 0 atom stereocenters. The van der Waals surface area contributed by atoms with E-state index >= 15 is 0 Å². The van der Waals surface area contributed by atoms with E-state index in [1.54, 1.807) is 12.1 Å². The number of para-hydroxylation sites is 3. The molecule has 0 saturated heterocycles. The molecule has 0 saturated carbocycles. The fourth-order valence-electron chi connectivity index (χ4n) is 1.66. The third kappa shape index (κ3) is 3.48. The van der Waals surface area contributed by atoms with E-state index in [0.717, 1.165) is 5.56 Å². The first-order chi connectivity index (χ1) is 9.16. The summed E-state index contributed by atoms with van der Waals surface area (Å²) in [5, 5.41) is 2.71. The van der Waals surface area contributed by atoms with E-state index < -0.39 is 0 Å². The van der Waals surface area contributed by atoms with Crippen molar-refractivity contribution in [2.75, 3.05) is 17.7 Å². The Labute approximate surface area is 112 Å². The second-order valence-electron chi connectivity index (χ2n) is 4.19. The molecule has 0 radical (unpaired) electrons. The smallest absolute Gasteiger partial charge is 0.262 e. The van der Waals surface area contributed by atoms with E-state index in [1.807, 2.05) is 43.3 Å². The Balaban J connectivity index is 1.92. The first-order valence-corrected chi connectivity index (χ1v) is 5.99. The molecule has 0 bridgehead atoms. The second-order valence-corrected chi connectivity index (χ2v) is 4.19. The van der Waals surface area contributed by atoms with E-state index in [4.69, 9.17) is 10.5 Å². The van der Waals surface area contributed by atoms with Crippen molar-refractivity contribution in [2.24, 2.45) is 0 Å². The number of nitrogens with one attached hydrogen (secondary N) is 1. The van der Waals surface area contributed by atoms with Crippen LogP contribution >= 0.6 is 0 Å². The number of carbonyl (C=O) groups is 1. The summed E-state index contributed by atoms with van der Waals surface area (Å²) in [6.07, 6.45) is 0. The van der Waals surface area contributed by atoms with Crippen LogP contribution in [0.1, 0.15) is 5.56 Å². The van der Waals surface area contributed by atoms with E-state index in [-0.39, 0.29) is 12.5 Å².